The predicted octanol–water partition coefficient (Wildman–Crippen LogP) is 4.04. The fourth-order valence-corrected chi connectivity index (χ4v) is 3.76. The van der Waals surface area contributed by atoms with Crippen molar-refractivity contribution in [2.75, 3.05) is 10.0 Å². The Kier molecular flexibility index (Phi) is 7.09. The summed E-state index contributed by atoms with van der Waals surface area (Å²) in [6.07, 6.45) is 1.13. The zero-order valence-corrected chi connectivity index (χ0v) is 18.4. The van der Waals surface area contributed by atoms with Gasteiger partial charge in [0.2, 0.25) is 5.95 Å². The van der Waals surface area contributed by atoms with E-state index in [0.29, 0.717) is 28.6 Å². The van der Waals surface area contributed by atoms with Crippen molar-refractivity contribution in [1.82, 2.24) is 9.97 Å². The molecule has 3 aromatic rings. The standard InChI is InChI=1S/C21H21ClN4O4S/c1-3-18(30-19-7-5-4-6-17(19)22)20(27)25-15-8-10-16(11-9-15)31(28,29)26-21-23-13-12-14(2)24-21/h4-13,18H,3H2,1-2H3,(H,25,27)(H,23,24,26)/t18-/m1/s1. The van der Waals surface area contributed by atoms with Crippen LogP contribution in [0, 0.1) is 6.92 Å². The summed E-state index contributed by atoms with van der Waals surface area (Å²) in [6, 6.07) is 14.3. The quantitative estimate of drug-likeness (QED) is 0.525. The number of nitrogens with zero attached hydrogens (tertiary/aromatic N) is 2. The number of nitrogens with one attached hydrogen (secondary N) is 2. The third-order valence-electron chi connectivity index (χ3n) is 4.22. The molecule has 1 aromatic heterocycles. The van der Waals surface area contributed by atoms with Crippen molar-refractivity contribution in [2.45, 2.75) is 31.3 Å². The Labute approximate surface area is 185 Å². The smallest absolute Gasteiger partial charge is 0.265 e. The summed E-state index contributed by atoms with van der Waals surface area (Å²) in [6.45, 7) is 3.55. The lowest BCUT2D eigenvalue weighted by molar-refractivity contribution is -0.122. The lowest BCUT2D eigenvalue weighted by atomic mass is 10.2. The maximum atomic E-state index is 12.6. The third-order valence-corrected chi connectivity index (χ3v) is 5.88. The molecule has 0 bridgehead atoms. The number of carbonyl (C=O) groups excluding carboxylic acids is 1. The molecule has 8 nitrogen and oxygen atoms in total. The van der Waals surface area contributed by atoms with Crippen molar-refractivity contribution in [3.63, 3.8) is 0 Å². The molecule has 2 aromatic carbocycles. The van der Waals surface area contributed by atoms with Crippen LogP contribution in [0.25, 0.3) is 0 Å². The van der Waals surface area contributed by atoms with Crippen LogP contribution in [0.15, 0.2) is 65.7 Å². The lowest BCUT2D eigenvalue weighted by Crippen LogP contribution is -2.32. The number of para-hydroxylation sites is 1. The number of benzene rings is 2. The Morgan fingerprint density at radius 2 is 1.84 bits per heavy atom. The van der Waals surface area contributed by atoms with Crippen molar-refractivity contribution >= 4 is 39.2 Å². The zero-order valence-electron chi connectivity index (χ0n) is 16.9. The van der Waals surface area contributed by atoms with Gasteiger partial charge < -0.3 is 10.1 Å². The Balaban J connectivity index is 1.67. The summed E-state index contributed by atoms with van der Waals surface area (Å²) in [7, 11) is -3.87. The molecule has 0 unspecified atom stereocenters. The highest BCUT2D eigenvalue weighted by molar-refractivity contribution is 7.92. The van der Waals surface area contributed by atoms with Gasteiger partial charge in [-0.1, -0.05) is 30.7 Å². The van der Waals surface area contributed by atoms with Crippen LogP contribution in [0.1, 0.15) is 19.0 Å². The van der Waals surface area contributed by atoms with Crippen molar-refractivity contribution in [2.24, 2.45) is 0 Å². The van der Waals surface area contributed by atoms with Crippen LogP contribution in [-0.2, 0) is 14.8 Å². The summed E-state index contributed by atoms with van der Waals surface area (Å²) in [5, 5.41) is 3.13. The number of anilines is 2. The predicted molar refractivity (Wildman–Crippen MR) is 119 cm³/mol. The Bertz CT molecular complexity index is 1170. The average Bonchev–Trinajstić information content (AvgIpc) is 2.73. The topological polar surface area (TPSA) is 110 Å². The second-order valence-electron chi connectivity index (χ2n) is 6.59. The van der Waals surface area contributed by atoms with Gasteiger partial charge in [-0.25, -0.2) is 23.1 Å². The van der Waals surface area contributed by atoms with Gasteiger partial charge in [0.25, 0.3) is 15.9 Å². The van der Waals surface area contributed by atoms with Gasteiger partial charge in [0.1, 0.15) is 5.75 Å². The summed E-state index contributed by atoms with van der Waals surface area (Å²) in [5.74, 6) is 0.0289. The first-order valence-electron chi connectivity index (χ1n) is 9.43. The molecule has 1 amide bonds. The van der Waals surface area contributed by atoms with E-state index in [0.717, 1.165) is 0 Å². The summed E-state index contributed by atoms with van der Waals surface area (Å²) < 4.78 is 33.1. The summed E-state index contributed by atoms with van der Waals surface area (Å²) >= 11 is 6.09. The number of ether oxygens (including phenoxy) is 1. The maximum Gasteiger partial charge on any atom is 0.265 e. The van der Waals surface area contributed by atoms with E-state index in [2.05, 4.69) is 20.0 Å². The normalized spacial score (nSPS) is 12.1. The molecule has 0 saturated carbocycles. The van der Waals surface area contributed by atoms with Crippen molar-refractivity contribution < 1.29 is 17.9 Å². The van der Waals surface area contributed by atoms with Crippen LogP contribution < -0.4 is 14.8 Å². The molecule has 162 valence electrons. The molecule has 1 atom stereocenters. The first-order chi connectivity index (χ1) is 14.8. The van der Waals surface area contributed by atoms with Gasteiger partial charge in [0.15, 0.2) is 6.10 Å². The van der Waals surface area contributed by atoms with E-state index in [9.17, 15) is 13.2 Å². The van der Waals surface area contributed by atoms with E-state index in [1.807, 2.05) is 6.92 Å². The number of hydrogen-bond donors (Lipinski definition) is 2. The highest BCUT2D eigenvalue weighted by atomic mass is 35.5. The number of rotatable bonds is 8. The van der Waals surface area contributed by atoms with Crippen molar-refractivity contribution in [3.8, 4) is 5.75 Å². The average molecular weight is 461 g/mol. The van der Waals surface area contributed by atoms with Gasteiger partial charge >= 0.3 is 0 Å². The van der Waals surface area contributed by atoms with Crippen molar-refractivity contribution in [1.29, 1.82) is 0 Å². The second kappa shape index (κ2) is 9.76. The number of aromatic nitrogens is 2. The van der Waals surface area contributed by atoms with E-state index in [-0.39, 0.29) is 16.8 Å². The van der Waals surface area contributed by atoms with Gasteiger partial charge in [-0.15, -0.1) is 0 Å². The van der Waals surface area contributed by atoms with E-state index < -0.39 is 16.1 Å². The molecular weight excluding hydrogens is 440 g/mol. The molecule has 2 N–H and O–H groups in total. The zero-order chi connectivity index (χ0) is 22.4. The SMILES string of the molecule is CC[C@@H](Oc1ccccc1Cl)C(=O)Nc1ccc(S(=O)(=O)Nc2nccc(C)n2)cc1. The molecule has 0 spiro atoms. The molecule has 0 radical (unpaired) electrons. The monoisotopic (exact) mass is 460 g/mol. The molecule has 0 fully saturated rings. The Hall–Kier alpha value is -3.17. The van der Waals surface area contributed by atoms with Crippen LogP contribution >= 0.6 is 11.6 Å². The molecule has 0 saturated heterocycles. The van der Waals surface area contributed by atoms with Crippen LogP contribution in [0.5, 0.6) is 5.75 Å². The molecule has 3 rings (SSSR count). The van der Waals surface area contributed by atoms with Crippen LogP contribution in [0.4, 0.5) is 11.6 Å². The third kappa shape index (κ3) is 5.93. The highest BCUT2D eigenvalue weighted by Crippen LogP contribution is 2.25. The van der Waals surface area contributed by atoms with Crippen LogP contribution in [0.3, 0.4) is 0 Å². The van der Waals surface area contributed by atoms with Gasteiger partial charge in [0, 0.05) is 17.6 Å². The van der Waals surface area contributed by atoms with E-state index >= 15 is 0 Å². The van der Waals surface area contributed by atoms with Crippen molar-refractivity contribution in [3.05, 3.63) is 71.5 Å². The number of sulfonamides is 1. The number of halogens is 1. The van der Waals surface area contributed by atoms with E-state index in [1.54, 1.807) is 37.3 Å². The summed E-state index contributed by atoms with van der Waals surface area (Å²) in [4.78, 5) is 20.5. The molecule has 0 aliphatic heterocycles. The molecule has 31 heavy (non-hydrogen) atoms. The van der Waals surface area contributed by atoms with E-state index in [1.165, 1.54) is 30.5 Å². The molecule has 1 heterocycles. The molecule has 10 heteroatoms. The second-order valence-corrected chi connectivity index (χ2v) is 8.68. The van der Waals surface area contributed by atoms with Gasteiger partial charge in [-0.3, -0.25) is 4.79 Å². The summed E-state index contributed by atoms with van der Waals surface area (Å²) in [5.41, 5.74) is 1.06. The number of hydrogen-bond acceptors (Lipinski definition) is 6. The minimum absolute atomic E-state index is 0.00923. The number of carbonyl (C=O) groups is 1. The Morgan fingerprint density at radius 1 is 1.13 bits per heavy atom. The van der Waals surface area contributed by atoms with Crippen LogP contribution in [-0.4, -0.2) is 30.4 Å². The largest absolute Gasteiger partial charge is 0.479 e. The Morgan fingerprint density at radius 3 is 2.48 bits per heavy atom. The van der Waals surface area contributed by atoms with Crippen LogP contribution in [0.2, 0.25) is 5.02 Å². The number of aryl methyl sites for hydroxylation is 1. The molecule has 0 aliphatic carbocycles. The minimum atomic E-state index is -3.87. The maximum absolute atomic E-state index is 12.6. The lowest BCUT2D eigenvalue weighted by Gasteiger charge is -2.18. The van der Waals surface area contributed by atoms with Gasteiger partial charge in [-0.2, -0.15) is 0 Å². The van der Waals surface area contributed by atoms with Gasteiger partial charge in [0.05, 0.1) is 9.92 Å². The molecule has 0 aliphatic rings. The first kappa shape index (κ1) is 22.5. The first-order valence-corrected chi connectivity index (χ1v) is 11.3. The fraction of sp³-hybridized carbons (Fsp3) is 0.190. The minimum Gasteiger partial charge on any atom is -0.479 e. The highest BCUT2D eigenvalue weighted by Gasteiger charge is 2.20. The fourth-order valence-electron chi connectivity index (χ4n) is 2.63. The van der Waals surface area contributed by atoms with E-state index in [4.69, 9.17) is 16.3 Å². The van der Waals surface area contributed by atoms with Gasteiger partial charge in [-0.05, 0) is 55.8 Å². The number of amides is 1. The molecular formula is C21H21ClN4O4S.